The van der Waals surface area contributed by atoms with Crippen LogP contribution in [0.25, 0.3) is 0 Å². The normalized spacial score (nSPS) is 17.5. The smallest absolute Gasteiger partial charge is 0.148 e. The Kier molecular flexibility index (Phi) is 4.28. The molecule has 0 aliphatic carbocycles. The largest absolute Gasteiger partial charge is 0.379 e. The molecule has 1 aromatic heterocycles. The third-order valence-corrected chi connectivity index (χ3v) is 3.40. The Balaban J connectivity index is 2.25. The molecule has 1 aromatic rings. The molecular weight excluding hydrogens is 264 g/mol. The third-order valence-electron chi connectivity index (χ3n) is 3.03. The average molecular weight is 285 g/mol. The van der Waals surface area contributed by atoms with Gasteiger partial charge in [-0.15, -0.1) is 0 Å². The lowest BCUT2D eigenvalue weighted by molar-refractivity contribution is 0.0494. The predicted octanol–water partition coefficient (Wildman–Crippen LogP) is 2.40. The second-order valence-electron chi connectivity index (χ2n) is 5.77. The van der Waals surface area contributed by atoms with Crippen LogP contribution in [-0.2, 0) is 10.2 Å². The molecule has 2 heterocycles. The number of hydrazine groups is 1. The van der Waals surface area contributed by atoms with Gasteiger partial charge in [-0.2, -0.15) is 0 Å². The fourth-order valence-corrected chi connectivity index (χ4v) is 1.93. The van der Waals surface area contributed by atoms with Gasteiger partial charge in [0.1, 0.15) is 16.8 Å². The molecule has 6 heteroatoms. The predicted molar refractivity (Wildman–Crippen MR) is 76.5 cm³/mol. The lowest BCUT2D eigenvalue weighted by atomic mass is 9.95. The van der Waals surface area contributed by atoms with Gasteiger partial charge >= 0.3 is 0 Å². The molecule has 1 saturated heterocycles. The van der Waals surface area contributed by atoms with E-state index in [1.54, 1.807) is 0 Å². The van der Waals surface area contributed by atoms with Gasteiger partial charge in [-0.25, -0.2) is 15.0 Å². The van der Waals surface area contributed by atoms with E-state index in [-0.39, 0.29) is 5.41 Å². The fraction of sp³-hybridized carbons (Fsp3) is 0.692. The van der Waals surface area contributed by atoms with Crippen LogP contribution in [0.4, 0.5) is 5.82 Å². The first-order chi connectivity index (χ1) is 8.88. The number of halogens is 1. The van der Waals surface area contributed by atoms with Crippen LogP contribution < -0.4 is 5.43 Å². The highest BCUT2D eigenvalue weighted by Crippen LogP contribution is 2.26. The lowest BCUT2D eigenvalue weighted by Crippen LogP contribution is -2.40. The van der Waals surface area contributed by atoms with Gasteiger partial charge in [-0.05, 0) is 6.92 Å². The monoisotopic (exact) mass is 284 g/mol. The second-order valence-corrected chi connectivity index (χ2v) is 6.13. The van der Waals surface area contributed by atoms with Gasteiger partial charge in [0.15, 0.2) is 0 Å². The first-order valence-corrected chi connectivity index (χ1v) is 6.89. The number of hydrogen-bond donors (Lipinski definition) is 1. The zero-order valence-corrected chi connectivity index (χ0v) is 12.7. The van der Waals surface area contributed by atoms with Gasteiger partial charge in [-0.1, -0.05) is 32.4 Å². The van der Waals surface area contributed by atoms with E-state index in [2.05, 4.69) is 41.2 Å². The van der Waals surface area contributed by atoms with Crippen LogP contribution in [0.3, 0.4) is 0 Å². The maximum absolute atomic E-state index is 6.21. The minimum absolute atomic E-state index is 0.126. The van der Waals surface area contributed by atoms with Crippen molar-refractivity contribution in [3.05, 3.63) is 16.5 Å². The van der Waals surface area contributed by atoms with Gasteiger partial charge in [0.05, 0.1) is 13.2 Å². The summed E-state index contributed by atoms with van der Waals surface area (Å²) in [7, 11) is 0. The van der Waals surface area contributed by atoms with Gasteiger partial charge in [0.25, 0.3) is 0 Å². The van der Waals surface area contributed by atoms with E-state index in [9.17, 15) is 0 Å². The van der Waals surface area contributed by atoms with E-state index in [0.717, 1.165) is 43.5 Å². The highest BCUT2D eigenvalue weighted by Gasteiger charge is 2.21. The van der Waals surface area contributed by atoms with E-state index in [0.29, 0.717) is 5.15 Å². The van der Waals surface area contributed by atoms with E-state index in [4.69, 9.17) is 16.3 Å². The Labute approximate surface area is 119 Å². The Morgan fingerprint density at radius 3 is 2.42 bits per heavy atom. The molecule has 1 N–H and O–H groups in total. The Bertz CT molecular complexity index is 453. The zero-order valence-electron chi connectivity index (χ0n) is 12.0. The van der Waals surface area contributed by atoms with Crippen LogP contribution in [0.5, 0.6) is 0 Å². The van der Waals surface area contributed by atoms with Gasteiger partial charge < -0.3 is 10.2 Å². The number of nitrogens with one attached hydrogen (secondary N) is 1. The second kappa shape index (κ2) is 5.61. The molecule has 0 bridgehead atoms. The van der Waals surface area contributed by atoms with Crippen LogP contribution in [0, 0.1) is 6.92 Å². The quantitative estimate of drug-likeness (QED) is 0.845. The highest BCUT2D eigenvalue weighted by molar-refractivity contribution is 6.30. The van der Waals surface area contributed by atoms with E-state index in [1.807, 2.05) is 6.92 Å². The Hall–Kier alpha value is -0.910. The van der Waals surface area contributed by atoms with Gasteiger partial charge in [0.2, 0.25) is 0 Å². The van der Waals surface area contributed by atoms with Crippen molar-refractivity contribution in [1.82, 2.24) is 15.0 Å². The van der Waals surface area contributed by atoms with Crippen LogP contribution in [0.2, 0.25) is 5.15 Å². The number of morpholine rings is 1. The van der Waals surface area contributed by atoms with Crippen LogP contribution in [0.1, 0.15) is 32.2 Å². The molecule has 2 rings (SSSR count). The summed E-state index contributed by atoms with van der Waals surface area (Å²) >= 11 is 6.21. The van der Waals surface area contributed by atoms with Crippen molar-refractivity contribution < 1.29 is 4.74 Å². The molecule has 0 unspecified atom stereocenters. The van der Waals surface area contributed by atoms with Crippen LogP contribution in [0.15, 0.2) is 0 Å². The standard InChI is InChI=1S/C13H21ClN4O/c1-9-10(14)15-12(13(2,3)4)16-11(9)17-18-5-7-19-8-6-18/h5-8H2,1-4H3,(H,15,16,17). The summed E-state index contributed by atoms with van der Waals surface area (Å²) in [6.07, 6.45) is 0. The molecule has 1 fully saturated rings. The van der Waals surface area contributed by atoms with Crippen molar-refractivity contribution in [2.75, 3.05) is 31.7 Å². The minimum Gasteiger partial charge on any atom is -0.379 e. The first kappa shape index (κ1) is 14.5. The van der Waals surface area contributed by atoms with Crippen molar-refractivity contribution in [2.24, 2.45) is 0 Å². The van der Waals surface area contributed by atoms with E-state index < -0.39 is 0 Å². The molecule has 0 radical (unpaired) electrons. The third kappa shape index (κ3) is 3.55. The minimum atomic E-state index is -0.126. The zero-order chi connectivity index (χ0) is 14.0. The van der Waals surface area contributed by atoms with Gasteiger partial charge in [0, 0.05) is 24.1 Å². The Morgan fingerprint density at radius 1 is 1.21 bits per heavy atom. The van der Waals surface area contributed by atoms with E-state index in [1.165, 1.54) is 0 Å². The number of anilines is 1. The summed E-state index contributed by atoms with van der Waals surface area (Å²) in [4.78, 5) is 8.98. The number of ether oxygens (including phenoxy) is 1. The van der Waals surface area contributed by atoms with Crippen molar-refractivity contribution in [3.8, 4) is 0 Å². The summed E-state index contributed by atoms with van der Waals surface area (Å²) in [5.41, 5.74) is 4.07. The maximum atomic E-state index is 6.21. The summed E-state index contributed by atoms with van der Waals surface area (Å²) in [5, 5.41) is 2.61. The van der Waals surface area contributed by atoms with Crippen LogP contribution >= 0.6 is 11.6 Å². The Morgan fingerprint density at radius 2 is 1.84 bits per heavy atom. The first-order valence-electron chi connectivity index (χ1n) is 6.52. The maximum Gasteiger partial charge on any atom is 0.148 e. The average Bonchev–Trinajstić information content (AvgIpc) is 2.34. The summed E-state index contributed by atoms with van der Waals surface area (Å²) < 4.78 is 5.33. The molecule has 1 aliphatic rings. The summed E-state index contributed by atoms with van der Waals surface area (Å²) in [6.45, 7) is 11.3. The summed E-state index contributed by atoms with van der Waals surface area (Å²) in [5.74, 6) is 1.53. The number of hydrogen-bond acceptors (Lipinski definition) is 5. The highest BCUT2D eigenvalue weighted by atomic mass is 35.5. The molecule has 0 amide bonds. The number of nitrogens with zero attached hydrogens (tertiary/aromatic N) is 3. The number of rotatable bonds is 2. The lowest BCUT2D eigenvalue weighted by Gasteiger charge is -2.29. The molecule has 0 saturated carbocycles. The molecule has 1 aliphatic heterocycles. The molecule has 0 aromatic carbocycles. The SMILES string of the molecule is Cc1c(Cl)nc(C(C)(C)C)nc1NN1CCOCC1. The molecular formula is C13H21ClN4O. The van der Waals surface area contributed by atoms with E-state index >= 15 is 0 Å². The molecule has 5 nitrogen and oxygen atoms in total. The molecule has 0 spiro atoms. The fourth-order valence-electron chi connectivity index (χ4n) is 1.76. The molecule has 19 heavy (non-hydrogen) atoms. The van der Waals surface area contributed by atoms with Gasteiger partial charge in [-0.3, -0.25) is 0 Å². The molecule has 106 valence electrons. The van der Waals surface area contributed by atoms with Crippen molar-refractivity contribution in [2.45, 2.75) is 33.1 Å². The van der Waals surface area contributed by atoms with Crippen molar-refractivity contribution >= 4 is 17.4 Å². The molecule has 0 atom stereocenters. The topological polar surface area (TPSA) is 50.3 Å². The van der Waals surface area contributed by atoms with Crippen molar-refractivity contribution in [1.29, 1.82) is 0 Å². The summed E-state index contributed by atoms with van der Waals surface area (Å²) in [6, 6.07) is 0. The van der Waals surface area contributed by atoms with Crippen molar-refractivity contribution in [3.63, 3.8) is 0 Å². The van der Waals surface area contributed by atoms with Crippen LogP contribution in [-0.4, -0.2) is 41.3 Å². The number of aromatic nitrogens is 2.